The third-order valence-corrected chi connectivity index (χ3v) is 2.94. The van der Waals surface area contributed by atoms with Crippen LogP contribution in [0.3, 0.4) is 0 Å². The number of benzene rings is 1. The number of aromatic amines is 1. The summed E-state index contributed by atoms with van der Waals surface area (Å²) in [6.45, 7) is 0.389. The third kappa shape index (κ3) is 2.16. The van der Waals surface area contributed by atoms with Crippen molar-refractivity contribution in [1.29, 1.82) is 0 Å². The Bertz CT molecular complexity index is 755. The van der Waals surface area contributed by atoms with Crippen LogP contribution in [-0.4, -0.2) is 19.9 Å². The Balaban J connectivity index is 2.01. The average molecular weight is 269 g/mol. The minimum Gasteiger partial charge on any atom is -0.372 e. The maximum absolute atomic E-state index is 11.3. The van der Waals surface area contributed by atoms with Crippen LogP contribution in [0.4, 0.5) is 11.4 Å². The van der Waals surface area contributed by atoms with E-state index >= 15 is 0 Å². The molecule has 0 saturated carbocycles. The van der Waals surface area contributed by atoms with Crippen molar-refractivity contribution in [3.8, 4) is 0 Å². The molecule has 0 fully saturated rings. The first-order chi connectivity index (χ1) is 9.75. The van der Waals surface area contributed by atoms with Gasteiger partial charge in [0.2, 0.25) is 0 Å². The molecule has 7 heteroatoms. The molecule has 20 heavy (non-hydrogen) atoms. The van der Waals surface area contributed by atoms with Gasteiger partial charge in [0, 0.05) is 18.6 Å². The standard InChI is InChI=1S/C13H11N5O2/c19-18(20)13-9-2-1-5-14-10(9)3-4-11(13)17-8-12-15-6-7-16-12/h1-7,17H,8H2,(H,15,16). The second kappa shape index (κ2) is 4.96. The number of fused-ring (bicyclic) bond motifs is 1. The molecule has 0 bridgehead atoms. The van der Waals surface area contributed by atoms with Gasteiger partial charge in [0.15, 0.2) is 0 Å². The first-order valence-corrected chi connectivity index (χ1v) is 6.00. The first kappa shape index (κ1) is 12.1. The van der Waals surface area contributed by atoms with Crippen LogP contribution in [0.1, 0.15) is 5.82 Å². The SMILES string of the molecule is O=[N+]([O-])c1c(NCc2ncc[nH]2)ccc2ncccc12. The lowest BCUT2D eigenvalue weighted by atomic mass is 10.1. The van der Waals surface area contributed by atoms with Gasteiger partial charge in [0.1, 0.15) is 11.5 Å². The van der Waals surface area contributed by atoms with Crippen molar-refractivity contribution in [1.82, 2.24) is 15.0 Å². The van der Waals surface area contributed by atoms with Crippen LogP contribution < -0.4 is 5.32 Å². The molecule has 0 atom stereocenters. The number of nitro groups is 1. The fourth-order valence-electron chi connectivity index (χ4n) is 2.05. The van der Waals surface area contributed by atoms with Gasteiger partial charge in [-0.05, 0) is 24.3 Å². The summed E-state index contributed by atoms with van der Waals surface area (Å²) >= 11 is 0. The van der Waals surface area contributed by atoms with Crippen LogP contribution >= 0.6 is 0 Å². The smallest absolute Gasteiger partial charge is 0.301 e. The highest BCUT2D eigenvalue weighted by Crippen LogP contribution is 2.32. The minimum absolute atomic E-state index is 0.0298. The molecule has 0 aliphatic carbocycles. The van der Waals surface area contributed by atoms with Crippen LogP contribution in [0.2, 0.25) is 0 Å². The highest BCUT2D eigenvalue weighted by atomic mass is 16.6. The average Bonchev–Trinajstić information content (AvgIpc) is 2.97. The molecule has 3 aromatic rings. The number of nitro benzene ring substituents is 1. The van der Waals surface area contributed by atoms with Crippen molar-refractivity contribution in [2.24, 2.45) is 0 Å². The van der Waals surface area contributed by atoms with Crippen LogP contribution in [0, 0.1) is 10.1 Å². The van der Waals surface area contributed by atoms with E-state index in [1.54, 1.807) is 42.9 Å². The predicted molar refractivity (Wildman–Crippen MR) is 74.3 cm³/mol. The molecule has 0 amide bonds. The Kier molecular flexibility index (Phi) is 3.00. The van der Waals surface area contributed by atoms with Crippen LogP contribution in [0.15, 0.2) is 42.9 Å². The highest BCUT2D eigenvalue weighted by molar-refractivity contribution is 5.94. The largest absolute Gasteiger partial charge is 0.372 e. The monoisotopic (exact) mass is 269 g/mol. The topological polar surface area (TPSA) is 96.7 Å². The van der Waals surface area contributed by atoms with Gasteiger partial charge in [0.05, 0.1) is 22.4 Å². The number of anilines is 1. The number of H-pyrrole nitrogens is 1. The Hall–Kier alpha value is -2.96. The number of hydrogen-bond donors (Lipinski definition) is 2. The fourth-order valence-corrected chi connectivity index (χ4v) is 2.05. The number of nitrogens with one attached hydrogen (secondary N) is 2. The highest BCUT2D eigenvalue weighted by Gasteiger charge is 2.18. The zero-order valence-electron chi connectivity index (χ0n) is 10.4. The van der Waals surface area contributed by atoms with Crippen molar-refractivity contribution in [2.75, 3.05) is 5.32 Å². The van der Waals surface area contributed by atoms with Gasteiger partial charge >= 0.3 is 5.69 Å². The summed E-state index contributed by atoms with van der Waals surface area (Å²) in [5.41, 5.74) is 1.08. The van der Waals surface area contributed by atoms with Crippen molar-refractivity contribution in [2.45, 2.75) is 6.54 Å². The zero-order valence-corrected chi connectivity index (χ0v) is 10.4. The van der Waals surface area contributed by atoms with Gasteiger partial charge in [-0.1, -0.05) is 0 Å². The molecule has 0 spiro atoms. The van der Waals surface area contributed by atoms with E-state index in [-0.39, 0.29) is 5.69 Å². The lowest BCUT2D eigenvalue weighted by molar-refractivity contribution is -0.382. The molecule has 1 aromatic carbocycles. The number of imidazole rings is 1. The molecule has 100 valence electrons. The van der Waals surface area contributed by atoms with Gasteiger partial charge in [-0.2, -0.15) is 0 Å². The maximum Gasteiger partial charge on any atom is 0.301 e. The summed E-state index contributed by atoms with van der Waals surface area (Å²) in [7, 11) is 0. The molecule has 3 rings (SSSR count). The third-order valence-electron chi connectivity index (χ3n) is 2.94. The molecule has 0 aliphatic rings. The summed E-state index contributed by atoms with van der Waals surface area (Å²) in [6.07, 6.45) is 4.95. The van der Waals surface area contributed by atoms with E-state index in [0.29, 0.717) is 29.0 Å². The summed E-state index contributed by atoms with van der Waals surface area (Å²) in [6, 6.07) is 6.80. The van der Waals surface area contributed by atoms with Crippen LogP contribution in [0.25, 0.3) is 10.9 Å². The molecular formula is C13H11N5O2. The zero-order chi connectivity index (χ0) is 13.9. The van der Waals surface area contributed by atoms with Gasteiger partial charge in [-0.15, -0.1) is 0 Å². The van der Waals surface area contributed by atoms with Gasteiger partial charge in [0.25, 0.3) is 0 Å². The summed E-state index contributed by atoms with van der Waals surface area (Å²) < 4.78 is 0. The lowest BCUT2D eigenvalue weighted by Gasteiger charge is -2.07. The minimum atomic E-state index is -0.394. The first-order valence-electron chi connectivity index (χ1n) is 6.00. The van der Waals surface area contributed by atoms with Crippen molar-refractivity contribution in [3.63, 3.8) is 0 Å². The normalized spacial score (nSPS) is 10.6. The fraction of sp³-hybridized carbons (Fsp3) is 0.0769. The van der Waals surface area contributed by atoms with Gasteiger partial charge < -0.3 is 10.3 Å². The number of pyridine rings is 1. The Morgan fingerprint density at radius 1 is 1.25 bits per heavy atom. The summed E-state index contributed by atoms with van der Waals surface area (Å²) in [5, 5.41) is 14.9. The van der Waals surface area contributed by atoms with Gasteiger partial charge in [-0.3, -0.25) is 15.1 Å². The van der Waals surface area contributed by atoms with E-state index in [1.165, 1.54) is 0 Å². The predicted octanol–water partition coefficient (Wildman–Crippen LogP) is 2.48. The number of aromatic nitrogens is 3. The van der Waals surface area contributed by atoms with Crippen LogP contribution in [-0.2, 0) is 6.54 Å². The molecule has 0 aliphatic heterocycles. The number of rotatable bonds is 4. The molecule has 0 unspecified atom stereocenters. The number of hydrogen-bond acceptors (Lipinski definition) is 5. The van der Waals surface area contributed by atoms with Crippen LogP contribution in [0.5, 0.6) is 0 Å². The quantitative estimate of drug-likeness (QED) is 0.560. The van der Waals surface area contributed by atoms with E-state index in [0.717, 1.165) is 0 Å². The van der Waals surface area contributed by atoms with E-state index in [1.807, 2.05) is 0 Å². The number of nitrogens with zero attached hydrogens (tertiary/aromatic N) is 3. The van der Waals surface area contributed by atoms with Crippen molar-refractivity contribution in [3.05, 3.63) is 58.8 Å². The molecular weight excluding hydrogens is 258 g/mol. The van der Waals surface area contributed by atoms with E-state index in [4.69, 9.17) is 0 Å². The Labute approximate surface area is 113 Å². The molecule has 2 N–H and O–H groups in total. The summed E-state index contributed by atoms with van der Waals surface area (Å²) in [4.78, 5) is 22.0. The van der Waals surface area contributed by atoms with E-state index in [2.05, 4.69) is 20.3 Å². The Morgan fingerprint density at radius 3 is 2.90 bits per heavy atom. The van der Waals surface area contributed by atoms with E-state index < -0.39 is 4.92 Å². The molecule has 2 heterocycles. The summed E-state index contributed by atoms with van der Waals surface area (Å²) in [5.74, 6) is 0.714. The molecule has 2 aromatic heterocycles. The van der Waals surface area contributed by atoms with Crippen molar-refractivity contribution >= 4 is 22.3 Å². The maximum atomic E-state index is 11.3. The second-order valence-electron chi connectivity index (χ2n) is 4.18. The van der Waals surface area contributed by atoms with Crippen molar-refractivity contribution < 1.29 is 4.92 Å². The Morgan fingerprint density at radius 2 is 2.15 bits per heavy atom. The molecule has 0 radical (unpaired) electrons. The van der Waals surface area contributed by atoms with E-state index in [9.17, 15) is 10.1 Å². The lowest BCUT2D eigenvalue weighted by Crippen LogP contribution is -2.04. The second-order valence-corrected chi connectivity index (χ2v) is 4.18. The van der Waals surface area contributed by atoms with Gasteiger partial charge in [-0.25, -0.2) is 4.98 Å². The molecule has 7 nitrogen and oxygen atoms in total. The molecule has 0 saturated heterocycles.